The van der Waals surface area contributed by atoms with Crippen LogP contribution in [0.5, 0.6) is 0 Å². The van der Waals surface area contributed by atoms with Crippen LogP contribution in [0.2, 0.25) is 0 Å². The molecule has 1 unspecified atom stereocenters. The van der Waals surface area contributed by atoms with Gasteiger partial charge in [-0.15, -0.1) is 0 Å². The first-order valence-electron chi connectivity index (χ1n) is 7.63. The Bertz CT molecular complexity index is 520. The molecule has 124 valence electrons. The van der Waals surface area contributed by atoms with Crippen molar-refractivity contribution in [1.29, 1.82) is 0 Å². The SMILES string of the molecule is CCNC(=NCC(C)(C)C(=O)NC)NC(C)c1ccc(C)o1. The summed E-state index contributed by atoms with van der Waals surface area (Å²) in [7, 11) is 1.64. The number of amides is 1. The average molecular weight is 308 g/mol. The molecule has 0 bridgehead atoms. The molecule has 0 aliphatic rings. The molecule has 3 N–H and O–H groups in total. The summed E-state index contributed by atoms with van der Waals surface area (Å²) >= 11 is 0. The van der Waals surface area contributed by atoms with Gasteiger partial charge in [-0.25, -0.2) is 0 Å². The maximum atomic E-state index is 11.8. The Kier molecular flexibility index (Phi) is 6.46. The van der Waals surface area contributed by atoms with Gasteiger partial charge in [0.25, 0.3) is 0 Å². The standard InChI is InChI=1S/C16H28N4O2/c1-7-18-15(19-10-16(4,5)14(21)17-6)20-12(3)13-9-8-11(2)22-13/h8-9,12H,7,10H2,1-6H3,(H,17,21)(H2,18,19,20). The van der Waals surface area contributed by atoms with Crippen molar-refractivity contribution in [3.63, 3.8) is 0 Å². The fraction of sp³-hybridized carbons (Fsp3) is 0.625. The predicted octanol–water partition coefficient (Wildman–Crippen LogP) is 1.98. The number of hydrogen-bond donors (Lipinski definition) is 3. The Morgan fingerprint density at radius 1 is 1.41 bits per heavy atom. The van der Waals surface area contributed by atoms with E-state index in [-0.39, 0.29) is 11.9 Å². The second-order valence-corrected chi connectivity index (χ2v) is 5.97. The van der Waals surface area contributed by atoms with Crippen LogP contribution in [0.15, 0.2) is 21.5 Å². The van der Waals surface area contributed by atoms with Crippen molar-refractivity contribution in [3.05, 3.63) is 23.7 Å². The van der Waals surface area contributed by atoms with Crippen molar-refractivity contribution >= 4 is 11.9 Å². The summed E-state index contributed by atoms with van der Waals surface area (Å²) in [5.74, 6) is 2.38. The van der Waals surface area contributed by atoms with E-state index in [9.17, 15) is 4.79 Å². The minimum Gasteiger partial charge on any atom is -0.464 e. The Hall–Kier alpha value is -1.98. The van der Waals surface area contributed by atoms with Crippen LogP contribution in [-0.4, -0.2) is 32.0 Å². The molecule has 0 aliphatic carbocycles. The molecule has 0 spiro atoms. The van der Waals surface area contributed by atoms with Gasteiger partial charge in [-0.3, -0.25) is 9.79 Å². The van der Waals surface area contributed by atoms with Crippen molar-refractivity contribution in [2.75, 3.05) is 20.1 Å². The van der Waals surface area contributed by atoms with E-state index in [1.165, 1.54) is 0 Å². The van der Waals surface area contributed by atoms with E-state index >= 15 is 0 Å². The molecular weight excluding hydrogens is 280 g/mol. The Morgan fingerprint density at radius 3 is 2.59 bits per heavy atom. The lowest BCUT2D eigenvalue weighted by Gasteiger charge is -2.22. The lowest BCUT2D eigenvalue weighted by Crippen LogP contribution is -2.41. The summed E-state index contributed by atoms with van der Waals surface area (Å²) in [6, 6.07) is 3.88. The van der Waals surface area contributed by atoms with Crippen molar-refractivity contribution in [2.24, 2.45) is 10.4 Å². The molecule has 6 nitrogen and oxygen atoms in total. The van der Waals surface area contributed by atoms with Gasteiger partial charge < -0.3 is 20.4 Å². The maximum Gasteiger partial charge on any atom is 0.227 e. The van der Waals surface area contributed by atoms with E-state index < -0.39 is 5.41 Å². The van der Waals surface area contributed by atoms with Gasteiger partial charge in [0.05, 0.1) is 18.0 Å². The zero-order chi connectivity index (χ0) is 16.8. The van der Waals surface area contributed by atoms with Crippen LogP contribution in [-0.2, 0) is 4.79 Å². The smallest absolute Gasteiger partial charge is 0.227 e. The average Bonchev–Trinajstić information content (AvgIpc) is 2.90. The number of guanidine groups is 1. The maximum absolute atomic E-state index is 11.8. The van der Waals surface area contributed by atoms with Gasteiger partial charge in [0.15, 0.2) is 5.96 Å². The Morgan fingerprint density at radius 2 is 2.09 bits per heavy atom. The van der Waals surface area contributed by atoms with Crippen molar-refractivity contribution < 1.29 is 9.21 Å². The number of hydrogen-bond acceptors (Lipinski definition) is 3. The van der Waals surface area contributed by atoms with Crippen LogP contribution >= 0.6 is 0 Å². The number of nitrogens with one attached hydrogen (secondary N) is 3. The number of carbonyl (C=O) groups is 1. The monoisotopic (exact) mass is 308 g/mol. The molecule has 1 aromatic rings. The zero-order valence-electron chi connectivity index (χ0n) is 14.4. The van der Waals surface area contributed by atoms with Crippen LogP contribution in [0, 0.1) is 12.3 Å². The third-order valence-corrected chi connectivity index (χ3v) is 3.36. The lowest BCUT2D eigenvalue weighted by atomic mass is 9.93. The first-order chi connectivity index (χ1) is 10.3. The molecule has 0 radical (unpaired) electrons. The van der Waals surface area contributed by atoms with E-state index in [1.54, 1.807) is 7.05 Å². The van der Waals surface area contributed by atoms with E-state index in [2.05, 4.69) is 20.9 Å². The van der Waals surface area contributed by atoms with Crippen molar-refractivity contribution in [3.8, 4) is 0 Å². The molecule has 0 saturated carbocycles. The fourth-order valence-corrected chi connectivity index (χ4v) is 1.97. The van der Waals surface area contributed by atoms with Gasteiger partial charge in [-0.2, -0.15) is 0 Å². The van der Waals surface area contributed by atoms with Crippen LogP contribution in [0.4, 0.5) is 0 Å². The molecule has 22 heavy (non-hydrogen) atoms. The van der Waals surface area contributed by atoms with Gasteiger partial charge in [-0.05, 0) is 46.8 Å². The number of rotatable bonds is 6. The molecular formula is C16H28N4O2. The highest BCUT2D eigenvalue weighted by Crippen LogP contribution is 2.17. The summed E-state index contributed by atoms with van der Waals surface area (Å²) in [5.41, 5.74) is -0.554. The number of carbonyl (C=O) groups excluding carboxylic acids is 1. The second-order valence-electron chi connectivity index (χ2n) is 5.97. The predicted molar refractivity (Wildman–Crippen MR) is 88.8 cm³/mol. The van der Waals surface area contributed by atoms with Gasteiger partial charge in [-0.1, -0.05) is 0 Å². The normalized spacial score (nSPS) is 13.6. The third kappa shape index (κ3) is 5.09. The summed E-state index contributed by atoms with van der Waals surface area (Å²) in [6.07, 6.45) is 0. The van der Waals surface area contributed by atoms with E-state index in [0.717, 1.165) is 18.1 Å². The molecule has 1 aromatic heterocycles. The summed E-state index contributed by atoms with van der Waals surface area (Å²) in [6.45, 7) is 10.8. The second kappa shape index (κ2) is 7.87. The van der Waals surface area contributed by atoms with Crippen LogP contribution in [0.1, 0.15) is 45.3 Å². The lowest BCUT2D eigenvalue weighted by molar-refractivity contribution is -0.128. The number of nitrogens with zero attached hydrogens (tertiary/aromatic N) is 1. The van der Waals surface area contributed by atoms with E-state index in [4.69, 9.17) is 4.42 Å². The highest BCUT2D eigenvalue weighted by Gasteiger charge is 2.26. The highest BCUT2D eigenvalue weighted by atomic mass is 16.3. The third-order valence-electron chi connectivity index (χ3n) is 3.36. The fourth-order valence-electron chi connectivity index (χ4n) is 1.97. The summed E-state index contributed by atoms with van der Waals surface area (Å²) in [5, 5.41) is 9.14. The minimum atomic E-state index is -0.554. The summed E-state index contributed by atoms with van der Waals surface area (Å²) in [4.78, 5) is 16.3. The molecule has 6 heteroatoms. The number of furan rings is 1. The van der Waals surface area contributed by atoms with Crippen molar-refractivity contribution in [2.45, 2.75) is 40.7 Å². The molecule has 0 aliphatic heterocycles. The van der Waals surface area contributed by atoms with Gasteiger partial charge in [0, 0.05) is 13.6 Å². The quantitative estimate of drug-likeness (QED) is 0.554. The van der Waals surface area contributed by atoms with Crippen LogP contribution in [0.3, 0.4) is 0 Å². The number of aryl methyl sites for hydroxylation is 1. The zero-order valence-corrected chi connectivity index (χ0v) is 14.4. The Balaban J connectivity index is 2.76. The first-order valence-corrected chi connectivity index (χ1v) is 7.63. The molecule has 1 amide bonds. The topological polar surface area (TPSA) is 78.7 Å². The molecule has 1 heterocycles. The number of aliphatic imine (C=N–C) groups is 1. The Labute approximate surface area is 132 Å². The van der Waals surface area contributed by atoms with Crippen molar-refractivity contribution in [1.82, 2.24) is 16.0 Å². The van der Waals surface area contributed by atoms with Gasteiger partial charge >= 0.3 is 0 Å². The van der Waals surface area contributed by atoms with Gasteiger partial charge in [0.1, 0.15) is 11.5 Å². The molecule has 0 saturated heterocycles. The van der Waals surface area contributed by atoms with E-state index in [1.807, 2.05) is 46.8 Å². The van der Waals surface area contributed by atoms with E-state index in [0.29, 0.717) is 12.5 Å². The summed E-state index contributed by atoms with van der Waals surface area (Å²) < 4.78 is 5.62. The van der Waals surface area contributed by atoms with Crippen LogP contribution in [0.25, 0.3) is 0 Å². The molecule has 1 atom stereocenters. The van der Waals surface area contributed by atoms with Gasteiger partial charge in [0.2, 0.25) is 5.91 Å². The first kappa shape index (κ1) is 18.1. The van der Waals surface area contributed by atoms with Crippen LogP contribution < -0.4 is 16.0 Å². The largest absolute Gasteiger partial charge is 0.464 e. The highest BCUT2D eigenvalue weighted by molar-refractivity contribution is 5.83. The molecule has 0 aromatic carbocycles. The minimum absolute atomic E-state index is 0.00499. The molecule has 1 rings (SSSR count). The molecule has 0 fully saturated rings.